The van der Waals surface area contributed by atoms with Crippen molar-refractivity contribution < 1.29 is 4.79 Å². The zero-order valence-corrected chi connectivity index (χ0v) is 17.3. The third kappa shape index (κ3) is 3.62. The first kappa shape index (κ1) is 18.2. The van der Waals surface area contributed by atoms with Crippen LogP contribution in [-0.4, -0.2) is 28.8 Å². The van der Waals surface area contributed by atoms with Gasteiger partial charge in [0.2, 0.25) is 5.95 Å². The van der Waals surface area contributed by atoms with Gasteiger partial charge >= 0.3 is 0 Å². The normalized spacial score (nSPS) is 13.2. The minimum atomic E-state index is -1.50. The summed E-state index contributed by atoms with van der Waals surface area (Å²) in [6, 6.07) is 13.8. The monoisotopic (exact) mass is 386 g/mol. The lowest BCUT2D eigenvalue weighted by atomic mass is 10.1. The van der Waals surface area contributed by atoms with Crippen molar-refractivity contribution in [3.63, 3.8) is 0 Å². The standard InChI is InChI=1S/C22H22N4OSi/c1-28(2,3)11-10-15-8-9-19-18(12-15)20(25-22(23)24-19)21(27)26-13-16-6-4-5-7-17(16)14-26/h4-9,12H,13-14H2,1-3H3,(H2,23,24,25). The highest BCUT2D eigenvalue weighted by molar-refractivity contribution is 6.83. The molecule has 1 amide bonds. The number of amides is 1. The number of nitrogen functional groups attached to an aromatic ring is 1. The van der Waals surface area contributed by atoms with Crippen LogP contribution >= 0.6 is 0 Å². The number of aromatic nitrogens is 2. The van der Waals surface area contributed by atoms with Gasteiger partial charge in [-0.1, -0.05) is 49.8 Å². The van der Waals surface area contributed by atoms with Crippen molar-refractivity contribution in [2.24, 2.45) is 0 Å². The van der Waals surface area contributed by atoms with Crippen LogP contribution in [0.15, 0.2) is 42.5 Å². The quantitative estimate of drug-likeness (QED) is 0.512. The Kier molecular flexibility index (Phi) is 4.40. The van der Waals surface area contributed by atoms with E-state index in [1.807, 2.05) is 30.3 Å². The van der Waals surface area contributed by atoms with E-state index < -0.39 is 8.07 Å². The number of hydrogen-bond donors (Lipinski definition) is 1. The molecule has 1 aliphatic heterocycles. The summed E-state index contributed by atoms with van der Waals surface area (Å²) in [4.78, 5) is 23.6. The third-order valence-electron chi connectivity index (χ3n) is 4.63. The molecule has 1 aromatic heterocycles. The number of carbonyl (C=O) groups excluding carboxylic acids is 1. The lowest BCUT2D eigenvalue weighted by Gasteiger charge is -2.16. The van der Waals surface area contributed by atoms with Crippen molar-refractivity contribution in [3.05, 3.63) is 64.8 Å². The zero-order chi connectivity index (χ0) is 19.9. The van der Waals surface area contributed by atoms with Crippen molar-refractivity contribution in [1.29, 1.82) is 0 Å². The van der Waals surface area contributed by atoms with Crippen molar-refractivity contribution in [2.75, 3.05) is 5.73 Å². The number of hydrogen-bond acceptors (Lipinski definition) is 4. The first-order valence-corrected chi connectivity index (χ1v) is 12.8. The fraction of sp³-hybridized carbons (Fsp3) is 0.227. The molecule has 2 aromatic carbocycles. The predicted octanol–water partition coefficient (Wildman–Crippen LogP) is 3.60. The van der Waals surface area contributed by atoms with E-state index in [0.29, 0.717) is 29.7 Å². The second kappa shape index (κ2) is 6.77. The summed E-state index contributed by atoms with van der Waals surface area (Å²) in [7, 11) is -1.50. The Morgan fingerprint density at radius 3 is 2.39 bits per heavy atom. The van der Waals surface area contributed by atoms with Crippen molar-refractivity contribution in [3.8, 4) is 11.5 Å². The molecule has 0 bridgehead atoms. The van der Waals surface area contributed by atoms with E-state index in [1.54, 1.807) is 4.90 Å². The summed E-state index contributed by atoms with van der Waals surface area (Å²) in [5.41, 5.74) is 13.4. The molecule has 4 rings (SSSR count). The second-order valence-corrected chi connectivity index (χ2v) is 12.8. The third-order valence-corrected chi connectivity index (χ3v) is 5.50. The SMILES string of the molecule is C[Si](C)(C)C#Cc1ccc2nc(N)nc(C(=O)N3Cc4ccccc4C3)c2c1. The summed E-state index contributed by atoms with van der Waals surface area (Å²) in [6.45, 7) is 7.76. The minimum absolute atomic E-state index is 0.105. The first-order valence-electron chi connectivity index (χ1n) is 9.27. The molecule has 0 spiro atoms. The van der Waals surface area contributed by atoms with Gasteiger partial charge in [0.1, 0.15) is 13.8 Å². The Hall–Kier alpha value is -3.17. The molecule has 1 aliphatic rings. The summed E-state index contributed by atoms with van der Waals surface area (Å²) in [6.07, 6.45) is 0. The van der Waals surface area contributed by atoms with Gasteiger partial charge in [0, 0.05) is 24.0 Å². The van der Waals surface area contributed by atoms with Gasteiger partial charge in [0.25, 0.3) is 5.91 Å². The van der Waals surface area contributed by atoms with Crippen LogP contribution in [0, 0.1) is 11.5 Å². The molecule has 0 unspecified atom stereocenters. The highest BCUT2D eigenvalue weighted by Crippen LogP contribution is 2.26. The number of carbonyl (C=O) groups is 1. The molecule has 0 fully saturated rings. The highest BCUT2D eigenvalue weighted by Gasteiger charge is 2.26. The topological polar surface area (TPSA) is 72.1 Å². The van der Waals surface area contributed by atoms with Gasteiger partial charge in [-0.25, -0.2) is 9.97 Å². The first-order chi connectivity index (χ1) is 13.3. The maximum absolute atomic E-state index is 13.3. The van der Waals surface area contributed by atoms with Crippen LogP contribution in [0.5, 0.6) is 0 Å². The number of anilines is 1. The van der Waals surface area contributed by atoms with Crippen LogP contribution in [0.1, 0.15) is 27.2 Å². The second-order valence-electron chi connectivity index (χ2n) is 8.09. The molecule has 0 saturated heterocycles. The van der Waals surface area contributed by atoms with E-state index in [-0.39, 0.29) is 11.9 Å². The smallest absolute Gasteiger partial charge is 0.273 e. The molecule has 0 aliphatic carbocycles. The number of rotatable bonds is 1. The molecular formula is C22H22N4OSi. The van der Waals surface area contributed by atoms with Crippen molar-refractivity contribution in [1.82, 2.24) is 14.9 Å². The van der Waals surface area contributed by atoms with Crippen molar-refractivity contribution >= 4 is 30.8 Å². The van der Waals surface area contributed by atoms with Crippen molar-refractivity contribution in [2.45, 2.75) is 32.7 Å². The lowest BCUT2D eigenvalue weighted by molar-refractivity contribution is 0.0747. The molecular weight excluding hydrogens is 364 g/mol. The molecule has 2 N–H and O–H groups in total. The molecule has 0 radical (unpaired) electrons. The Morgan fingerprint density at radius 1 is 1.07 bits per heavy atom. The summed E-state index contributed by atoms with van der Waals surface area (Å²) in [5.74, 6) is 3.21. The van der Waals surface area contributed by atoms with Gasteiger partial charge in [-0.3, -0.25) is 4.79 Å². The molecule has 2 heterocycles. The van der Waals surface area contributed by atoms with E-state index in [2.05, 4.69) is 53.2 Å². The maximum Gasteiger partial charge on any atom is 0.273 e. The lowest BCUT2D eigenvalue weighted by Crippen LogP contribution is -2.27. The Labute approximate surface area is 165 Å². The van der Waals surface area contributed by atoms with Gasteiger partial charge in [0.05, 0.1) is 5.52 Å². The van der Waals surface area contributed by atoms with Crippen LogP contribution < -0.4 is 5.73 Å². The summed E-state index contributed by atoms with van der Waals surface area (Å²) < 4.78 is 0. The van der Waals surface area contributed by atoms with Gasteiger partial charge in [0.15, 0.2) is 0 Å². The van der Waals surface area contributed by atoms with Crippen LogP contribution in [0.3, 0.4) is 0 Å². The molecule has 0 saturated carbocycles. The average Bonchev–Trinajstić information content (AvgIpc) is 3.08. The van der Waals surface area contributed by atoms with Crippen LogP contribution in [0.2, 0.25) is 19.6 Å². The molecule has 3 aromatic rings. The zero-order valence-electron chi connectivity index (χ0n) is 16.3. The highest BCUT2D eigenvalue weighted by atomic mass is 28.3. The van der Waals surface area contributed by atoms with Gasteiger partial charge in [-0.05, 0) is 29.3 Å². The Bertz CT molecular complexity index is 1130. The van der Waals surface area contributed by atoms with E-state index >= 15 is 0 Å². The van der Waals surface area contributed by atoms with E-state index in [0.717, 1.165) is 5.56 Å². The maximum atomic E-state index is 13.3. The van der Waals surface area contributed by atoms with Gasteiger partial charge in [-0.15, -0.1) is 5.54 Å². The fourth-order valence-electron chi connectivity index (χ4n) is 3.27. The summed E-state index contributed by atoms with van der Waals surface area (Å²) >= 11 is 0. The van der Waals surface area contributed by atoms with Crippen LogP contribution in [-0.2, 0) is 13.1 Å². The summed E-state index contributed by atoms with van der Waals surface area (Å²) in [5, 5.41) is 0.692. The van der Waals surface area contributed by atoms with E-state index in [9.17, 15) is 4.79 Å². The van der Waals surface area contributed by atoms with E-state index in [4.69, 9.17) is 5.73 Å². The molecule has 6 heteroatoms. The molecule has 140 valence electrons. The number of nitrogens with zero attached hydrogens (tertiary/aromatic N) is 3. The Balaban J connectivity index is 1.75. The number of benzene rings is 2. The molecule has 0 atom stereocenters. The Morgan fingerprint density at radius 2 is 1.75 bits per heavy atom. The predicted molar refractivity (Wildman–Crippen MR) is 114 cm³/mol. The largest absolute Gasteiger partial charge is 0.368 e. The fourth-order valence-corrected chi connectivity index (χ4v) is 3.79. The minimum Gasteiger partial charge on any atom is -0.368 e. The molecule has 28 heavy (non-hydrogen) atoms. The van der Waals surface area contributed by atoms with Crippen LogP contribution in [0.4, 0.5) is 5.95 Å². The molecule has 5 nitrogen and oxygen atoms in total. The van der Waals surface area contributed by atoms with Gasteiger partial charge in [-0.2, -0.15) is 0 Å². The van der Waals surface area contributed by atoms with Crippen LogP contribution in [0.25, 0.3) is 10.9 Å². The average molecular weight is 387 g/mol. The van der Waals surface area contributed by atoms with Gasteiger partial charge < -0.3 is 10.6 Å². The van der Waals surface area contributed by atoms with E-state index in [1.165, 1.54) is 11.1 Å². The number of fused-ring (bicyclic) bond motifs is 2. The number of nitrogens with two attached hydrogens (primary N) is 1.